The smallest absolute Gasteiger partial charge is 0.259 e. The number of aryl methyl sites for hydroxylation is 4. The molecule has 4 heteroatoms. The summed E-state index contributed by atoms with van der Waals surface area (Å²) in [7, 11) is 0. The van der Waals surface area contributed by atoms with Crippen LogP contribution in [0.4, 0.5) is 11.4 Å². The Morgan fingerprint density at radius 1 is 1.05 bits per heavy atom. The molecule has 4 nitrogen and oxygen atoms in total. The van der Waals surface area contributed by atoms with Crippen molar-refractivity contribution in [3.63, 3.8) is 0 Å². The number of hydrogen-bond donors (Lipinski definition) is 2. The molecule has 0 saturated carbocycles. The lowest BCUT2D eigenvalue weighted by Gasteiger charge is -2.11. The SMILES string of the molecule is Cc1cc(NC(=O)c2c(C)oc(C)c2C)c(C)cc1N. The molecule has 0 aliphatic heterocycles. The summed E-state index contributed by atoms with van der Waals surface area (Å²) in [6, 6.07) is 3.76. The second-order valence-corrected chi connectivity index (χ2v) is 5.19. The molecule has 20 heavy (non-hydrogen) atoms. The molecule has 0 unspecified atom stereocenters. The Bertz CT molecular complexity index is 684. The van der Waals surface area contributed by atoms with Gasteiger partial charge in [0.05, 0.1) is 5.56 Å². The van der Waals surface area contributed by atoms with Crippen LogP contribution < -0.4 is 11.1 Å². The Balaban J connectivity index is 2.35. The van der Waals surface area contributed by atoms with Crippen molar-refractivity contribution in [2.75, 3.05) is 11.1 Å². The molecule has 1 aromatic heterocycles. The summed E-state index contributed by atoms with van der Waals surface area (Å²) < 4.78 is 5.50. The number of nitrogen functional groups attached to an aromatic ring is 1. The zero-order chi connectivity index (χ0) is 15.0. The van der Waals surface area contributed by atoms with Crippen LogP contribution in [0.3, 0.4) is 0 Å². The van der Waals surface area contributed by atoms with E-state index in [-0.39, 0.29) is 5.91 Å². The topological polar surface area (TPSA) is 68.3 Å². The van der Waals surface area contributed by atoms with E-state index in [0.717, 1.165) is 33.8 Å². The standard InChI is InChI=1S/C16H20N2O2/c1-8-7-14(9(2)6-13(8)17)18-16(19)15-10(3)11(4)20-12(15)5/h6-7H,17H2,1-5H3,(H,18,19). The lowest BCUT2D eigenvalue weighted by atomic mass is 10.1. The summed E-state index contributed by atoms with van der Waals surface area (Å²) in [4.78, 5) is 12.4. The minimum Gasteiger partial charge on any atom is -0.466 e. The predicted molar refractivity (Wildman–Crippen MR) is 81.2 cm³/mol. The Kier molecular flexibility index (Phi) is 3.57. The molecule has 2 rings (SSSR count). The fourth-order valence-electron chi connectivity index (χ4n) is 2.29. The van der Waals surface area contributed by atoms with Crippen LogP contribution >= 0.6 is 0 Å². The van der Waals surface area contributed by atoms with Crippen molar-refractivity contribution in [1.29, 1.82) is 0 Å². The van der Waals surface area contributed by atoms with Crippen LogP contribution in [0.2, 0.25) is 0 Å². The largest absolute Gasteiger partial charge is 0.466 e. The molecule has 1 aromatic carbocycles. The number of benzene rings is 1. The number of carbonyl (C=O) groups is 1. The van der Waals surface area contributed by atoms with E-state index in [1.165, 1.54) is 0 Å². The van der Waals surface area contributed by atoms with E-state index in [1.54, 1.807) is 6.92 Å². The van der Waals surface area contributed by atoms with Crippen LogP contribution in [0, 0.1) is 34.6 Å². The number of carbonyl (C=O) groups excluding carboxylic acids is 1. The van der Waals surface area contributed by atoms with Crippen molar-refractivity contribution < 1.29 is 9.21 Å². The first-order valence-electron chi connectivity index (χ1n) is 6.56. The van der Waals surface area contributed by atoms with Crippen LogP contribution in [0.25, 0.3) is 0 Å². The van der Waals surface area contributed by atoms with E-state index in [0.29, 0.717) is 11.3 Å². The molecule has 0 saturated heterocycles. The molecule has 106 valence electrons. The first-order chi connectivity index (χ1) is 9.31. The minimum absolute atomic E-state index is 0.149. The number of anilines is 2. The summed E-state index contributed by atoms with van der Waals surface area (Å²) >= 11 is 0. The van der Waals surface area contributed by atoms with E-state index in [2.05, 4.69) is 5.32 Å². The van der Waals surface area contributed by atoms with Crippen molar-refractivity contribution in [2.45, 2.75) is 34.6 Å². The number of nitrogens with one attached hydrogen (secondary N) is 1. The summed E-state index contributed by atoms with van der Waals surface area (Å²) in [5.74, 6) is 1.27. The van der Waals surface area contributed by atoms with Crippen molar-refractivity contribution in [3.05, 3.63) is 45.9 Å². The van der Waals surface area contributed by atoms with Gasteiger partial charge < -0.3 is 15.5 Å². The number of furan rings is 1. The maximum atomic E-state index is 12.4. The fraction of sp³-hybridized carbons (Fsp3) is 0.312. The number of hydrogen-bond acceptors (Lipinski definition) is 3. The molecule has 0 spiro atoms. The van der Waals surface area contributed by atoms with E-state index < -0.39 is 0 Å². The first kappa shape index (κ1) is 14.2. The Morgan fingerprint density at radius 2 is 1.70 bits per heavy atom. The van der Waals surface area contributed by atoms with Gasteiger partial charge in [-0.3, -0.25) is 4.79 Å². The zero-order valence-corrected chi connectivity index (χ0v) is 12.5. The van der Waals surface area contributed by atoms with Crippen LogP contribution in [-0.2, 0) is 0 Å². The van der Waals surface area contributed by atoms with Gasteiger partial charge in [-0.25, -0.2) is 0 Å². The molecular formula is C16H20N2O2. The normalized spacial score (nSPS) is 10.7. The third-order valence-corrected chi connectivity index (χ3v) is 3.65. The Hall–Kier alpha value is -2.23. The minimum atomic E-state index is -0.149. The molecule has 1 amide bonds. The summed E-state index contributed by atoms with van der Waals surface area (Å²) in [6.45, 7) is 9.39. The number of nitrogens with two attached hydrogens (primary N) is 1. The van der Waals surface area contributed by atoms with Crippen molar-refractivity contribution in [3.8, 4) is 0 Å². The predicted octanol–water partition coefficient (Wildman–Crippen LogP) is 3.66. The summed E-state index contributed by atoms with van der Waals surface area (Å²) in [6.07, 6.45) is 0. The zero-order valence-electron chi connectivity index (χ0n) is 12.5. The van der Waals surface area contributed by atoms with Gasteiger partial charge in [-0.05, 0) is 57.9 Å². The summed E-state index contributed by atoms with van der Waals surface area (Å²) in [5.41, 5.74) is 10.7. The average Bonchev–Trinajstić information content (AvgIpc) is 2.60. The molecule has 0 radical (unpaired) electrons. The highest BCUT2D eigenvalue weighted by Crippen LogP contribution is 2.25. The molecule has 0 aliphatic carbocycles. The molecule has 0 fully saturated rings. The van der Waals surface area contributed by atoms with Crippen molar-refractivity contribution in [1.82, 2.24) is 0 Å². The molecule has 0 bridgehead atoms. The van der Waals surface area contributed by atoms with Crippen LogP contribution in [0.5, 0.6) is 0 Å². The van der Waals surface area contributed by atoms with Gasteiger partial charge >= 0.3 is 0 Å². The second kappa shape index (κ2) is 5.04. The highest BCUT2D eigenvalue weighted by Gasteiger charge is 2.19. The highest BCUT2D eigenvalue weighted by molar-refractivity contribution is 6.06. The molecule has 0 atom stereocenters. The van der Waals surface area contributed by atoms with Crippen molar-refractivity contribution >= 4 is 17.3 Å². The molecular weight excluding hydrogens is 252 g/mol. The number of rotatable bonds is 2. The van der Waals surface area contributed by atoms with Gasteiger partial charge in [0.1, 0.15) is 11.5 Å². The van der Waals surface area contributed by atoms with Gasteiger partial charge in [0.15, 0.2) is 0 Å². The quantitative estimate of drug-likeness (QED) is 0.820. The maximum absolute atomic E-state index is 12.4. The molecule has 2 aromatic rings. The van der Waals surface area contributed by atoms with Crippen LogP contribution in [0.1, 0.15) is 38.6 Å². The lowest BCUT2D eigenvalue weighted by molar-refractivity contribution is 0.102. The average molecular weight is 272 g/mol. The Morgan fingerprint density at radius 3 is 2.25 bits per heavy atom. The third-order valence-electron chi connectivity index (χ3n) is 3.65. The highest BCUT2D eigenvalue weighted by atomic mass is 16.3. The van der Waals surface area contributed by atoms with Crippen LogP contribution in [0.15, 0.2) is 16.5 Å². The maximum Gasteiger partial charge on any atom is 0.259 e. The van der Waals surface area contributed by atoms with E-state index in [9.17, 15) is 4.79 Å². The molecule has 0 aliphatic rings. The Labute approximate surface area is 119 Å². The van der Waals surface area contributed by atoms with Crippen molar-refractivity contribution in [2.24, 2.45) is 0 Å². The van der Waals surface area contributed by atoms with Crippen LogP contribution in [-0.4, -0.2) is 5.91 Å². The van der Waals surface area contributed by atoms with E-state index in [4.69, 9.17) is 10.2 Å². The number of amides is 1. The van der Waals surface area contributed by atoms with Gasteiger partial charge in [-0.15, -0.1) is 0 Å². The lowest BCUT2D eigenvalue weighted by Crippen LogP contribution is -2.14. The fourth-order valence-corrected chi connectivity index (χ4v) is 2.29. The molecule has 3 N–H and O–H groups in total. The first-order valence-corrected chi connectivity index (χ1v) is 6.56. The van der Waals surface area contributed by atoms with Gasteiger partial charge in [0.2, 0.25) is 0 Å². The van der Waals surface area contributed by atoms with E-state index >= 15 is 0 Å². The summed E-state index contributed by atoms with van der Waals surface area (Å²) in [5, 5.41) is 2.94. The van der Waals surface area contributed by atoms with Gasteiger partial charge in [-0.2, -0.15) is 0 Å². The monoisotopic (exact) mass is 272 g/mol. The van der Waals surface area contributed by atoms with Gasteiger partial charge in [0, 0.05) is 16.9 Å². The second-order valence-electron chi connectivity index (χ2n) is 5.19. The van der Waals surface area contributed by atoms with Gasteiger partial charge in [0.25, 0.3) is 5.91 Å². The third kappa shape index (κ3) is 2.41. The molecule has 1 heterocycles. The van der Waals surface area contributed by atoms with Gasteiger partial charge in [-0.1, -0.05) is 0 Å². The van der Waals surface area contributed by atoms with E-state index in [1.807, 2.05) is 39.8 Å².